The minimum Gasteiger partial charge on any atom is -0.478 e. The molecule has 13 heteroatoms. The molecule has 2 heterocycles. The molecule has 1 aromatic carbocycles. The molecule has 1 aromatic heterocycles. The zero-order valence-corrected chi connectivity index (χ0v) is 25.6. The van der Waals surface area contributed by atoms with Gasteiger partial charge in [-0.3, -0.25) is 4.79 Å². The average Bonchev–Trinajstić information content (AvgIpc) is 2.95. The van der Waals surface area contributed by atoms with Gasteiger partial charge in [0, 0.05) is 36.5 Å². The maximum absolute atomic E-state index is 13.5. The van der Waals surface area contributed by atoms with Gasteiger partial charge in [-0.2, -0.15) is 0 Å². The van der Waals surface area contributed by atoms with E-state index in [-0.39, 0.29) is 42.4 Å². The molecular weight excluding hydrogens is 564 g/mol. The molecule has 1 atom stereocenters. The molecule has 1 saturated carbocycles. The van der Waals surface area contributed by atoms with Crippen LogP contribution in [0.3, 0.4) is 0 Å². The van der Waals surface area contributed by atoms with E-state index < -0.39 is 33.7 Å². The molecule has 2 aromatic rings. The van der Waals surface area contributed by atoms with Crippen molar-refractivity contribution < 1.29 is 37.0 Å². The first-order chi connectivity index (χ1) is 19.8. The van der Waals surface area contributed by atoms with Crippen LogP contribution in [0.2, 0.25) is 0 Å². The largest absolute Gasteiger partial charge is 0.478 e. The van der Waals surface area contributed by atoms with E-state index in [1.807, 2.05) is 6.92 Å². The molecule has 4 rings (SSSR count). The third-order valence-electron chi connectivity index (χ3n) is 7.42. The van der Waals surface area contributed by atoms with Crippen LogP contribution in [-0.4, -0.2) is 92.2 Å². The smallest absolute Gasteiger partial charge is 0.410 e. The van der Waals surface area contributed by atoms with E-state index >= 15 is 0 Å². The number of amides is 2. The van der Waals surface area contributed by atoms with Gasteiger partial charge in [0.15, 0.2) is 0 Å². The molecule has 2 fully saturated rings. The van der Waals surface area contributed by atoms with E-state index in [4.69, 9.17) is 14.2 Å². The highest BCUT2D eigenvalue weighted by Crippen LogP contribution is 2.29. The van der Waals surface area contributed by atoms with Gasteiger partial charge in [0.1, 0.15) is 11.6 Å². The molecule has 1 N–H and O–H groups in total. The summed E-state index contributed by atoms with van der Waals surface area (Å²) in [5, 5.41) is 0.683. The van der Waals surface area contributed by atoms with Crippen molar-refractivity contribution in [3.63, 3.8) is 0 Å². The number of piperazine rings is 1. The van der Waals surface area contributed by atoms with Crippen LogP contribution in [0, 0.1) is 5.92 Å². The second-order valence-electron chi connectivity index (χ2n) is 11.6. The van der Waals surface area contributed by atoms with Gasteiger partial charge in [-0.15, -0.1) is 0 Å². The molecule has 42 heavy (non-hydrogen) atoms. The number of hydrogen-bond donors (Lipinski definition) is 1. The zero-order chi connectivity index (χ0) is 30.7. The summed E-state index contributed by atoms with van der Waals surface area (Å²) in [7, 11) is -2.55. The highest BCUT2D eigenvalue weighted by Gasteiger charge is 2.41. The standard InChI is InChI=1S/C29H40N4O8S/c1-6-40-25-14-9-20-17-22(12-13-23(20)30-25)42(37,38)31-21-10-7-19(8-11-21)26(34)33-16-15-32(18-24(33)27(35)39-5)28(36)41-29(2,3)4/h9,12-14,17,19,21,24,31H,6-8,10-11,15-16,18H2,1-5H3/t19?,21?,24-/m1/s1. The summed E-state index contributed by atoms with van der Waals surface area (Å²) in [6.07, 6.45) is 1.34. The van der Waals surface area contributed by atoms with Crippen molar-refractivity contribution in [2.45, 2.75) is 76.0 Å². The summed E-state index contributed by atoms with van der Waals surface area (Å²) in [5.74, 6) is -0.674. The van der Waals surface area contributed by atoms with Gasteiger partial charge in [-0.05, 0) is 77.6 Å². The second kappa shape index (κ2) is 12.8. The van der Waals surface area contributed by atoms with Crippen LogP contribution in [0.1, 0.15) is 53.4 Å². The van der Waals surface area contributed by atoms with Crippen LogP contribution >= 0.6 is 0 Å². The van der Waals surface area contributed by atoms with Gasteiger partial charge >= 0.3 is 12.1 Å². The number of hydrogen-bond acceptors (Lipinski definition) is 9. The van der Waals surface area contributed by atoms with Gasteiger partial charge in [0.2, 0.25) is 21.8 Å². The lowest BCUT2D eigenvalue weighted by atomic mass is 9.85. The van der Waals surface area contributed by atoms with E-state index in [1.165, 1.54) is 23.0 Å². The fraction of sp³-hybridized carbons (Fsp3) is 0.586. The van der Waals surface area contributed by atoms with Crippen molar-refractivity contribution in [2.75, 3.05) is 33.4 Å². The van der Waals surface area contributed by atoms with Gasteiger partial charge in [0.25, 0.3) is 0 Å². The van der Waals surface area contributed by atoms with Crippen molar-refractivity contribution in [2.24, 2.45) is 5.92 Å². The SMILES string of the molecule is CCOc1ccc2cc(S(=O)(=O)NC3CCC(C(=O)N4CCN(C(=O)OC(C)(C)C)C[C@@H]4C(=O)OC)CC3)ccc2n1. The summed E-state index contributed by atoms with van der Waals surface area (Å²) < 4.78 is 44.9. The Morgan fingerprint density at radius 2 is 1.76 bits per heavy atom. The normalized spacial score (nSPS) is 21.6. The summed E-state index contributed by atoms with van der Waals surface area (Å²) in [6, 6.07) is 6.98. The van der Waals surface area contributed by atoms with E-state index in [1.54, 1.807) is 45.0 Å². The third kappa shape index (κ3) is 7.49. The highest BCUT2D eigenvalue weighted by molar-refractivity contribution is 7.89. The molecule has 0 bridgehead atoms. The Balaban J connectivity index is 1.36. The molecule has 230 valence electrons. The van der Waals surface area contributed by atoms with Crippen LogP contribution in [-0.2, 0) is 29.1 Å². The Kier molecular flexibility index (Phi) is 9.61. The van der Waals surface area contributed by atoms with Crippen molar-refractivity contribution in [3.05, 3.63) is 30.3 Å². The second-order valence-corrected chi connectivity index (χ2v) is 13.3. The van der Waals surface area contributed by atoms with Gasteiger partial charge in [-0.25, -0.2) is 27.7 Å². The minimum atomic E-state index is -3.80. The maximum Gasteiger partial charge on any atom is 0.410 e. The molecule has 0 radical (unpaired) electrons. The number of carbonyl (C=O) groups is 3. The number of benzene rings is 1. The molecule has 0 unspecified atom stereocenters. The number of carbonyl (C=O) groups excluding carboxylic acids is 3. The van der Waals surface area contributed by atoms with E-state index in [2.05, 4.69) is 9.71 Å². The van der Waals surface area contributed by atoms with Gasteiger partial charge in [-0.1, -0.05) is 0 Å². The van der Waals surface area contributed by atoms with Crippen molar-refractivity contribution in [3.8, 4) is 5.88 Å². The molecule has 1 aliphatic heterocycles. The first kappa shape index (κ1) is 31.5. The molecule has 12 nitrogen and oxygen atoms in total. The maximum atomic E-state index is 13.5. The van der Waals surface area contributed by atoms with Crippen LogP contribution < -0.4 is 9.46 Å². The molecule has 1 aliphatic carbocycles. The third-order valence-corrected chi connectivity index (χ3v) is 8.94. The number of rotatable bonds is 7. The Morgan fingerprint density at radius 1 is 1.05 bits per heavy atom. The first-order valence-electron chi connectivity index (χ1n) is 14.2. The lowest BCUT2D eigenvalue weighted by molar-refractivity contribution is -0.158. The molecule has 0 spiro atoms. The number of aromatic nitrogens is 1. The minimum absolute atomic E-state index is 0.0172. The lowest BCUT2D eigenvalue weighted by Gasteiger charge is -2.42. The van der Waals surface area contributed by atoms with Crippen molar-refractivity contribution >= 4 is 38.9 Å². The Labute approximate surface area is 246 Å². The van der Waals surface area contributed by atoms with Gasteiger partial charge < -0.3 is 24.0 Å². The summed E-state index contributed by atoms with van der Waals surface area (Å²) in [4.78, 5) is 46.2. The lowest BCUT2D eigenvalue weighted by Crippen LogP contribution is -2.61. The number of nitrogens with zero attached hydrogens (tertiary/aromatic N) is 3. The van der Waals surface area contributed by atoms with Crippen LogP contribution in [0.4, 0.5) is 4.79 Å². The van der Waals surface area contributed by atoms with Gasteiger partial charge in [0.05, 0.1) is 30.7 Å². The first-order valence-corrected chi connectivity index (χ1v) is 15.7. The zero-order valence-electron chi connectivity index (χ0n) is 24.8. The van der Waals surface area contributed by atoms with Crippen LogP contribution in [0.15, 0.2) is 35.2 Å². The number of nitrogens with one attached hydrogen (secondary N) is 1. The number of pyridine rings is 1. The molecule has 2 amide bonds. The van der Waals surface area contributed by atoms with E-state index in [0.29, 0.717) is 49.1 Å². The number of sulfonamides is 1. The number of fused-ring (bicyclic) bond motifs is 1. The molecular formula is C29H40N4O8S. The summed E-state index contributed by atoms with van der Waals surface area (Å²) >= 11 is 0. The fourth-order valence-electron chi connectivity index (χ4n) is 5.34. The highest BCUT2D eigenvalue weighted by atomic mass is 32.2. The fourth-order valence-corrected chi connectivity index (χ4v) is 6.68. The van der Waals surface area contributed by atoms with Crippen molar-refractivity contribution in [1.29, 1.82) is 0 Å². The average molecular weight is 605 g/mol. The summed E-state index contributed by atoms with van der Waals surface area (Å²) in [5.41, 5.74) is -0.0550. The molecule has 2 aliphatic rings. The summed E-state index contributed by atoms with van der Waals surface area (Å²) in [6.45, 7) is 8.02. The topological polar surface area (TPSA) is 144 Å². The van der Waals surface area contributed by atoms with Crippen LogP contribution in [0.5, 0.6) is 5.88 Å². The predicted octanol–water partition coefficient (Wildman–Crippen LogP) is 3.09. The number of ether oxygens (including phenoxy) is 3. The Bertz CT molecular complexity index is 1420. The number of methoxy groups -OCH3 is 1. The van der Waals surface area contributed by atoms with Crippen molar-refractivity contribution in [1.82, 2.24) is 19.5 Å². The number of esters is 1. The monoisotopic (exact) mass is 604 g/mol. The van der Waals surface area contributed by atoms with Crippen LogP contribution in [0.25, 0.3) is 10.9 Å². The quantitative estimate of drug-likeness (QED) is 0.472. The van der Waals surface area contributed by atoms with E-state index in [9.17, 15) is 22.8 Å². The predicted molar refractivity (Wildman–Crippen MR) is 154 cm³/mol. The molecule has 1 saturated heterocycles. The van der Waals surface area contributed by atoms with E-state index in [0.717, 1.165) is 0 Å². The Hall–Kier alpha value is -3.45. The Morgan fingerprint density at radius 3 is 2.40 bits per heavy atom.